The summed E-state index contributed by atoms with van der Waals surface area (Å²) in [6.45, 7) is 12.9. The van der Waals surface area contributed by atoms with Crippen molar-refractivity contribution in [3.05, 3.63) is 0 Å². The van der Waals surface area contributed by atoms with Crippen molar-refractivity contribution in [2.24, 2.45) is 22.7 Å². The third-order valence-corrected chi connectivity index (χ3v) is 4.22. The van der Waals surface area contributed by atoms with Crippen LogP contribution in [0.5, 0.6) is 0 Å². The summed E-state index contributed by atoms with van der Waals surface area (Å²) in [4.78, 5) is 24.8. The van der Waals surface area contributed by atoms with Crippen molar-refractivity contribution in [3.8, 4) is 0 Å². The normalized spacial score (nSPS) is 18.1. The summed E-state index contributed by atoms with van der Waals surface area (Å²) >= 11 is 0. The number of carbonyl (C=O) groups is 2. The van der Waals surface area contributed by atoms with Crippen LogP contribution in [0.25, 0.3) is 0 Å². The minimum absolute atomic E-state index is 0.0667. The van der Waals surface area contributed by atoms with Crippen LogP contribution >= 0.6 is 0 Å². The fourth-order valence-corrected chi connectivity index (χ4v) is 2.91. The summed E-state index contributed by atoms with van der Waals surface area (Å²) in [5, 5.41) is 0. The molecule has 1 aliphatic rings. The van der Waals surface area contributed by atoms with Gasteiger partial charge in [0.15, 0.2) is 0 Å². The van der Waals surface area contributed by atoms with Gasteiger partial charge in [-0.2, -0.15) is 0 Å². The van der Waals surface area contributed by atoms with Gasteiger partial charge in [0.25, 0.3) is 0 Å². The van der Waals surface area contributed by atoms with Gasteiger partial charge in [0.2, 0.25) is 0 Å². The van der Waals surface area contributed by atoms with Crippen LogP contribution in [0.2, 0.25) is 0 Å². The van der Waals surface area contributed by atoms with Crippen LogP contribution in [0, 0.1) is 22.7 Å². The van der Waals surface area contributed by atoms with Gasteiger partial charge in [-0.25, -0.2) is 0 Å². The third kappa shape index (κ3) is 8.70. The lowest BCUT2D eigenvalue weighted by Crippen LogP contribution is -2.32. The molecule has 0 aromatic carbocycles. The number of hydrogen-bond donors (Lipinski definition) is 0. The molecule has 1 aliphatic carbocycles. The maximum atomic E-state index is 12.6. The predicted octanol–water partition coefficient (Wildman–Crippen LogP) is 4.75. The van der Waals surface area contributed by atoms with E-state index in [0.717, 1.165) is 25.7 Å². The van der Waals surface area contributed by atoms with Crippen LogP contribution in [0.1, 0.15) is 80.1 Å². The molecule has 1 unspecified atom stereocenters. The van der Waals surface area contributed by atoms with Crippen molar-refractivity contribution in [1.29, 1.82) is 0 Å². The van der Waals surface area contributed by atoms with E-state index in [0.29, 0.717) is 13.2 Å². The van der Waals surface area contributed by atoms with Crippen LogP contribution in [0.15, 0.2) is 0 Å². The number of esters is 2. The predicted molar refractivity (Wildman–Crippen MR) is 95.5 cm³/mol. The van der Waals surface area contributed by atoms with Crippen molar-refractivity contribution >= 4 is 11.9 Å². The van der Waals surface area contributed by atoms with Crippen molar-refractivity contribution in [3.63, 3.8) is 0 Å². The number of rotatable bonds is 6. The summed E-state index contributed by atoms with van der Waals surface area (Å²) in [5.74, 6) is -0.633. The van der Waals surface area contributed by atoms with E-state index >= 15 is 0 Å². The molecular formula is C20H36O4. The SMILES string of the molecule is CC(C)(C)COC(=O)CC(C(=O)OCC(C)(C)C)C1CCCCC1. The van der Waals surface area contributed by atoms with Crippen LogP contribution in [0.4, 0.5) is 0 Å². The monoisotopic (exact) mass is 340 g/mol. The maximum absolute atomic E-state index is 12.6. The Morgan fingerprint density at radius 1 is 0.875 bits per heavy atom. The van der Waals surface area contributed by atoms with Crippen LogP contribution in [-0.2, 0) is 19.1 Å². The molecule has 0 aromatic heterocycles. The molecule has 0 radical (unpaired) electrons. The zero-order valence-electron chi connectivity index (χ0n) is 16.4. The lowest BCUT2D eigenvalue weighted by Gasteiger charge is -2.29. The molecule has 0 heterocycles. The van der Waals surface area contributed by atoms with Gasteiger partial charge in [-0.3, -0.25) is 9.59 Å². The Morgan fingerprint density at radius 2 is 1.38 bits per heavy atom. The molecule has 0 N–H and O–H groups in total. The van der Waals surface area contributed by atoms with E-state index in [1.54, 1.807) is 0 Å². The van der Waals surface area contributed by atoms with E-state index in [2.05, 4.69) is 0 Å². The Bertz CT molecular complexity index is 408. The molecule has 0 saturated heterocycles. The molecule has 0 aliphatic heterocycles. The highest BCUT2D eigenvalue weighted by Crippen LogP contribution is 2.33. The third-order valence-electron chi connectivity index (χ3n) is 4.22. The topological polar surface area (TPSA) is 52.6 Å². The number of hydrogen-bond acceptors (Lipinski definition) is 4. The second-order valence-corrected chi connectivity index (χ2v) is 9.60. The first kappa shape index (κ1) is 21.0. The van der Waals surface area contributed by atoms with E-state index in [-0.39, 0.29) is 41.0 Å². The molecule has 0 aromatic rings. The molecule has 0 bridgehead atoms. The molecule has 1 atom stereocenters. The molecule has 4 heteroatoms. The largest absolute Gasteiger partial charge is 0.465 e. The molecule has 4 nitrogen and oxygen atoms in total. The van der Waals surface area contributed by atoms with Gasteiger partial charge in [0.05, 0.1) is 25.6 Å². The Balaban J connectivity index is 2.66. The zero-order chi connectivity index (χ0) is 18.4. The Morgan fingerprint density at radius 3 is 1.88 bits per heavy atom. The van der Waals surface area contributed by atoms with Gasteiger partial charge < -0.3 is 9.47 Å². The Labute approximate surface area is 147 Å². The van der Waals surface area contributed by atoms with Gasteiger partial charge in [-0.1, -0.05) is 60.8 Å². The Kier molecular flexibility index (Phi) is 7.75. The first-order valence-electron chi connectivity index (χ1n) is 9.30. The molecule has 0 spiro atoms. The number of ether oxygens (including phenoxy) is 2. The van der Waals surface area contributed by atoms with Crippen molar-refractivity contribution < 1.29 is 19.1 Å². The lowest BCUT2D eigenvalue weighted by atomic mass is 9.78. The fourth-order valence-electron chi connectivity index (χ4n) is 2.91. The average Bonchev–Trinajstić information content (AvgIpc) is 2.47. The maximum Gasteiger partial charge on any atom is 0.309 e. The summed E-state index contributed by atoms with van der Waals surface area (Å²) in [6.07, 6.45) is 5.62. The van der Waals surface area contributed by atoms with Gasteiger partial charge in [0, 0.05) is 0 Å². The highest BCUT2D eigenvalue weighted by Gasteiger charge is 2.34. The summed E-state index contributed by atoms with van der Waals surface area (Å²) in [6, 6.07) is 0. The smallest absolute Gasteiger partial charge is 0.309 e. The average molecular weight is 341 g/mol. The second kappa shape index (κ2) is 8.87. The van der Waals surface area contributed by atoms with E-state index in [1.807, 2.05) is 41.5 Å². The van der Waals surface area contributed by atoms with Gasteiger partial charge in [0.1, 0.15) is 0 Å². The standard InChI is InChI=1S/C20H36O4/c1-19(2,3)13-23-17(21)12-16(15-10-8-7-9-11-15)18(22)24-14-20(4,5)6/h15-16H,7-14H2,1-6H3. The summed E-state index contributed by atoms with van der Waals surface area (Å²) in [7, 11) is 0. The first-order valence-corrected chi connectivity index (χ1v) is 9.30. The van der Waals surface area contributed by atoms with E-state index in [4.69, 9.17) is 9.47 Å². The first-order chi connectivity index (χ1) is 11.0. The summed E-state index contributed by atoms with van der Waals surface area (Å²) in [5.41, 5.74) is -0.137. The highest BCUT2D eigenvalue weighted by atomic mass is 16.5. The van der Waals surface area contributed by atoms with E-state index in [1.165, 1.54) is 6.42 Å². The molecular weight excluding hydrogens is 304 g/mol. The van der Waals surface area contributed by atoms with Crippen LogP contribution in [0.3, 0.4) is 0 Å². The highest BCUT2D eigenvalue weighted by molar-refractivity contribution is 5.80. The summed E-state index contributed by atoms with van der Waals surface area (Å²) < 4.78 is 10.9. The molecule has 1 fully saturated rings. The van der Waals surface area contributed by atoms with E-state index in [9.17, 15) is 9.59 Å². The molecule has 0 amide bonds. The molecule has 1 rings (SSSR count). The quantitative estimate of drug-likeness (QED) is 0.655. The van der Waals surface area contributed by atoms with Crippen molar-refractivity contribution in [1.82, 2.24) is 0 Å². The van der Waals surface area contributed by atoms with Gasteiger partial charge in [-0.15, -0.1) is 0 Å². The fraction of sp³-hybridized carbons (Fsp3) is 0.900. The van der Waals surface area contributed by atoms with Crippen molar-refractivity contribution in [2.75, 3.05) is 13.2 Å². The zero-order valence-corrected chi connectivity index (χ0v) is 16.4. The molecule has 24 heavy (non-hydrogen) atoms. The van der Waals surface area contributed by atoms with Crippen LogP contribution < -0.4 is 0 Å². The molecule has 140 valence electrons. The van der Waals surface area contributed by atoms with Crippen molar-refractivity contribution in [2.45, 2.75) is 80.1 Å². The number of carbonyl (C=O) groups excluding carboxylic acids is 2. The van der Waals surface area contributed by atoms with Gasteiger partial charge >= 0.3 is 11.9 Å². The molecule has 1 saturated carbocycles. The minimum Gasteiger partial charge on any atom is -0.465 e. The lowest BCUT2D eigenvalue weighted by molar-refractivity contribution is -0.160. The minimum atomic E-state index is -0.361. The van der Waals surface area contributed by atoms with Gasteiger partial charge in [-0.05, 0) is 29.6 Å². The van der Waals surface area contributed by atoms with Crippen LogP contribution in [-0.4, -0.2) is 25.2 Å². The second-order valence-electron chi connectivity index (χ2n) is 9.60. The van der Waals surface area contributed by atoms with E-state index < -0.39 is 0 Å². The Hall–Kier alpha value is -1.06.